The first-order valence-corrected chi connectivity index (χ1v) is 18.1. The summed E-state index contributed by atoms with van der Waals surface area (Å²) in [5, 5.41) is 38.0. The molecule has 55 heavy (non-hydrogen) atoms. The number of carboxylic acids is 3. The van der Waals surface area contributed by atoms with Crippen LogP contribution in [0.25, 0.3) is 0 Å². The summed E-state index contributed by atoms with van der Waals surface area (Å²) in [5.74, 6) is -2.75. The number of nitrogens with one attached hydrogen (secondary N) is 1. The fourth-order valence-corrected chi connectivity index (χ4v) is 5.07. The topological polar surface area (TPSA) is 160 Å². The zero-order valence-electron chi connectivity index (χ0n) is 32.7. The number of aromatic nitrogens is 1. The van der Waals surface area contributed by atoms with Crippen molar-refractivity contribution in [3.63, 3.8) is 0 Å². The van der Waals surface area contributed by atoms with E-state index in [9.17, 15) is 19.5 Å². The summed E-state index contributed by atoms with van der Waals surface area (Å²) < 4.78 is 0. The molecular weight excluding hydrogens is 741 g/mol. The standard InChI is InChI=1S/C16H19ClN2.C13H18O2.C10H15NO.C4H4O4.ClH/c1-19(2)12-10-15(16-5-3-4-11-18-16)13-6-8-14(17)9-7-13;1-9(2)8-11-4-6-12(7-5-11)10(3)13(14)15;1-8(11-2)10(12)9-6-4-3-5-7-9;5-3(6)1-2-4(7)8;/h3-9,11,15H,10,12H2,1-2H3;4-7,9-10H,8H2,1-3H3,(H,14,15);3-8,10-12H,1-2H3;1-2H,(H,5,6)(H,7,8);1H/b;;;2-1-;. The Balaban J connectivity index is 0.000000734. The number of nitrogens with zero attached hydrogens (tertiary/aromatic N) is 2. The van der Waals surface area contributed by atoms with E-state index in [-0.39, 0.29) is 18.4 Å². The van der Waals surface area contributed by atoms with Crippen molar-refractivity contribution in [3.05, 3.63) is 148 Å². The number of hydrogen-bond donors (Lipinski definition) is 5. The van der Waals surface area contributed by atoms with Gasteiger partial charge >= 0.3 is 17.9 Å². The third kappa shape index (κ3) is 21.8. The van der Waals surface area contributed by atoms with E-state index in [1.165, 1.54) is 11.1 Å². The molecule has 3 aromatic carbocycles. The Morgan fingerprint density at radius 3 is 1.73 bits per heavy atom. The monoisotopic (exact) mass is 797 g/mol. The summed E-state index contributed by atoms with van der Waals surface area (Å²) in [6, 6.07) is 31.8. The molecule has 0 bridgehead atoms. The maximum atomic E-state index is 10.8. The molecule has 300 valence electrons. The Hall–Kier alpha value is -4.58. The maximum absolute atomic E-state index is 10.8. The highest BCUT2D eigenvalue weighted by atomic mass is 35.5. The van der Waals surface area contributed by atoms with Gasteiger partial charge in [-0.2, -0.15) is 0 Å². The van der Waals surface area contributed by atoms with Gasteiger partial charge in [-0.15, -0.1) is 12.4 Å². The molecule has 0 radical (unpaired) electrons. The van der Waals surface area contributed by atoms with Crippen molar-refractivity contribution in [2.75, 3.05) is 27.7 Å². The molecule has 0 saturated carbocycles. The van der Waals surface area contributed by atoms with E-state index in [0.29, 0.717) is 24.0 Å². The quantitative estimate of drug-likeness (QED) is 0.0785. The van der Waals surface area contributed by atoms with Gasteiger partial charge < -0.3 is 30.6 Å². The van der Waals surface area contributed by atoms with E-state index >= 15 is 0 Å². The van der Waals surface area contributed by atoms with E-state index < -0.39 is 29.9 Å². The number of likely N-dealkylation sites (N-methyl/N-ethyl adjacent to an activating group) is 1. The number of benzene rings is 3. The molecule has 1 aromatic heterocycles. The first kappa shape index (κ1) is 50.4. The molecule has 10 nitrogen and oxygen atoms in total. The smallest absolute Gasteiger partial charge is 0.328 e. The average molecular weight is 799 g/mol. The highest BCUT2D eigenvalue weighted by molar-refractivity contribution is 6.30. The summed E-state index contributed by atoms with van der Waals surface area (Å²) in [6.07, 6.45) is 4.64. The molecular formula is C43H57Cl2N3O7. The molecule has 0 spiro atoms. The third-order valence-electron chi connectivity index (χ3n) is 8.11. The van der Waals surface area contributed by atoms with E-state index in [4.69, 9.17) is 26.9 Å². The lowest BCUT2D eigenvalue weighted by Crippen LogP contribution is -2.28. The number of pyridine rings is 1. The second kappa shape index (κ2) is 27.9. The lowest BCUT2D eigenvalue weighted by atomic mass is 9.92. The summed E-state index contributed by atoms with van der Waals surface area (Å²) >= 11 is 5.97. The molecule has 0 fully saturated rings. The van der Waals surface area contributed by atoms with Crippen LogP contribution < -0.4 is 5.32 Å². The van der Waals surface area contributed by atoms with Crippen molar-refractivity contribution in [1.82, 2.24) is 15.2 Å². The molecule has 4 unspecified atom stereocenters. The predicted octanol–water partition coefficient (Wildman–Crippen LogP) is 8.35. The van der Waals surface area contributed by atoms with Crippen molar-refractivity contribution in [1.29, 1.82) is 0 Å². The normalized spacial score (nSPS) is 12.6. The van der Waals surface area contributed by atoms with Crippen LogP contribution in [0.5, 0.6) is 0 Å². The van der Waals surface area contributed by atoms with E-state index in [1.807, 2.05) is 99.0 Å². The Kier molecular flexibility index (Phi) is 25.6. The average Bonchev–Trinajstić information content (AvgIpc) is 3.15. The van der Waals surface area contributed by atoms with Gasteiger partial charge in [-0.3, -0.25) is 9.78 Å². The van der Waals surface area contributed by atoms with Gasteiger partial charge in [-0.25, -0.2) is 9.59 Å². The van der Waals surface area contributed by atoms with Crippen molar-refractivity contribution < 1.29 is 34.8 Å². The van der Waals surface area contributed by atoms with Crippen LogP contribution in [0.1, 0.15) is 80.0 Å². The van der Waals surface area contributed by atoms with Crippen molar-refractivity contribution in [3.8, 4) is 0 Å². The number of aliphatic carboxylic acids is 3. The fraction of sp³-hybridized carbons (Fsp3) is 0.349. The summed E-state index contributed by atoms with van der Waals surface area (Å²) in [5.41, 5.74) is 5.48. The van der Waals surface area contributed by atoms with Gasteiger partial charge in [0.15, 0.2) is 0 Å². The molecule has 4 atom stereocenters. The molecule has 5 N–H and O–H groups in total. The molecule has 0 amide bonds. The van der Waals surface area contributed by atoms with Gasteiger partial charge in [0, 0.05) is 41.0 Å². The lowest BCUT2D eigenvalue weighted by molar-refractivity contribution is -0.138. The van der Waals surface area contributed by atoms with Gasteiger partial charge in [0.1, 0.15) is 0 Å². The van der Waals surface area contributed by atoms with Crippen LogP contribution in [0.3, 0.4) is 0 Å². The Labute approximate surface area is 337 Å². The van der Waals surface area contributed by atoms with Gasteiger partial charge in [0.2, 0.25) is 0 Å². The van der Waals surface area contributed by atoms with Crippen molar-refractivity contribution in [2.45, 2.75) is 64.5 Å². The van der Waals surface area contributed by atoms with E-state index in [0.717, 1.165) is 41.2 Å². The zero-order chi connectivity index (χ0) is 40.6. The molecule has 4 rings (SSSR count). The van der Waals surface area contributed by atoms with E-state index in [1.54, 1.807) is 6.92 Å². The SMILES string of the molecule is CC(C)Cc1ccc(C(C)C(=O)O)cc1.CN(C)CCC(c1ccc(Cl)cc1)c1ccccn1.CNC(C)C(O)c1ccccc1.Cl.O=C(O)/C=C\C(=O)O. The number of carboxylic acid groups (broad SMARTS) is 3. The van der Waals surface area contributed by atoms with Crippen molar-refractivity contribution >= 4 is 41.9 Å². The van der Waals surface area contributed by atoms with Crippen LogP contribution in [-0.4, -0.2) is 81.9 Å². The number of rotatable bonds is 14. The number of aliphatic hydroxyl groups excluding tert-OH is 1. The third-order valence-corrected chi connectivity index (χ3v) is 8.37. The Morgan fingerprint density at radius 1 is 0.764 bits per heavy atom. The fourth-order valence-electron chi connectivity index (χ4n) is 4.95. The minimum Gasteiger partial charge on any atom is -0.481 e. The highest BCUT2D eigenvalue weighted by Crippen LogP contribution is 2.27. The second-order valence-electron chi connectivity index (χ2n) is 13.3. The summed E-state index contributed by atoms with van der Waals surface area (Å²) in [4.78, 5) is 36.6. The largest absolute Gasteiger partial charge is 0.481 e. The number of hydrogen-bond acceptors (Lipinski definition) is 7. The number of halogens is 2. The van der Waals surface area contributed by atoms with Gasteiger partial charge in [-0.05, 0) is 107 Å². The number of carbonyl (C=O) groups is 3. The first-order valence-electron chi connectivity index (χ1n) is 17.7. The molecule has 0 saturated heterocycles. The first-order chi connectivity index (χ1) is 25.5. The molecule has 1 heterocycles. The van der Waals surface area contributed by atoms with Crippen molar-refractivity contribution in [2.24, 2.45) is 5.92 Å². The summed E-state index contributed by atoms with van der Waals surface area (Å²) in [7, 11) is 6.03. The van der Waals surface area contributed by atoms with Crippen LogP contribution in [0, 0.1) is 5.92 Å². The van der Waals surface area contributed by atoms with Gasteiger partial charge in [0.25, 0.3) is 0 Å². The highest BCUT2D eigenvalue weighted by Gasteiger charge is 2.16. The Bertz CT molecular complexity index is 1660. The zero-order valence-corrected chi connectivity index (χ0v) is 34.2. The molecule has 0 aliphatic carbocycles. The molecule has 12 heteroatoms. The summed E-state index contributed by atoms with van der Waals surface area (Å²) in [6.45, 7) is 9.04. The van der Waals surface area contributed by atoms with Crippen LogP contribution in [0.2, 0.25) is 5.02 Å². The van der Waals surface area contributed by atoms with Gasteiger partial charge in [0.05, 0.1) is 12.0 Å². The van der Waals surface area contributed by atoms with E-state index in [2.05, 4.69) is 61.3 Å². The Morgan fingerprint density at radius 2 is 1.29 bits per heavy atom. The lowest BCUT2D eigenvalue weighted by Gasteiger charge is -2.19. The molecule has 0 aliphatic rings. The molecule has 4 aromatic rings. The van der Waals surface area contributed by atoms with Crippen LogP contribution in [0.15, 0.2) is 115 Å². The van der Waals surface area contributed by atoms with Crippen LogP contribution >= 0.6 is 24.0 Å². The van der Waals surface area contributed by atoms with Gasteiger partial charge in [-0.1, -0.05) is 98.2 Å². The molecule has 0 aliphatic heterocycles. The van der Waals surface area contributed by atoms with Crippen LogP contribution in [0.4, 0.5) is 0 Å². The number of aliphatic hydroxyl groups is 1. The second-order valence-corrected chi connectivity index (χ2v) is 13.7. The minimum absolute atomic E-state index is 0. The predicted molar refractivity (Wildman–Crippen MR) is 223 cm³/mol. The van der Waals surface area contributed by atoms with Crippen LogP contribution in [-0.2, 0) is 20.8 Å². The maximum Gasteiger partial charge on any atom is 0.328 e. The minimum atomic E-state index is -1.26.